The summed E-state index contributed by atoms with van der Waals surface area (Å²) in [6.45, 7) is 1.92. The van der Waals surface area contributed by atoms with Crippen molar-refractivity contribution >= 4 is 5.95 Å². The van der Waals surface area contributed by atoms with E-state index in [4.69, 9.17) is 9.72 Å². The number of hydrogen-bond donors (Lipinski definition) is 3. The maximum atomic E-state index is 10.1. The third-order valence-electron chi connectivity index (χ3n) is 5.38. The van der Waals surface area contributed by atoms with Gasteiger partial charge in [-0.05, 0) is 38.5 Å². The third kappa shape index (κ3) is 2.85. The lowest BCUT2D eigenvalue weighted by molar-refractivity contribution is -0.0374. The summed E-state index contributed by atoms with van der Waals surface area (Å²) in [4.78, 5) is 11.6. The number of aryl methyl sites for hydroxylation is 1. The van der Waals surface area contributed by atoms with Gasteiger partial charge in [-0.25, -0.2) is 4.98 Å². The lowest BCUT2D eigenvalue weighted by Gasteiger charge is -2.25. The number of rotatable bonds is 3. The zero-order valence-electron chi connectivity index (χ0n) is 13.8. The maximum absolute atomic E-state index is 10.1. The molecule has 0 unspecified atom stereocenters. The molecular weight excluding hydrogens is 310 g/mol. The van der Waals surface area contributed by atoms with Gasteiger partial charge in [0.05, 0.1) is 11.8 Å². The molecule has 1 saturated heterocycles. The van der Waals surface area contributed by atoms with Crippen LogP contribution in [-0.4, -0.2) is 62.8 Å². The monoisotopic (exact) mass is 335 g/mol. The van der Waals surface area contributed by atoms with Crippen LogP contribution >= 0.6 is 0 Å². The number of fused-ring (bicyclic) bond motifs is 1. The summed E-state index contributed by atoms with van der Waals surface area (Å²) in [5.74, 6) is 1.23. The molecule has 2 heterocycles. The highest BCUT2D eigenvalue weighted by atomic mass is 16.5. The standard InChI is InChI=1S/C17H25N3O4/c21-12-9-13(15(23)14(12)22)24-16-10-5-1-2-6-11(10)18-17(19-16)20-7-3-4-8-20/h12-15,21-23H,1-9H2/t12-,13+,14+,15-/m0/s1. The van der Waals surface area contributed by atoms with Gasteiger partial charge in [0.1, 0.15) is 18.3 Å². The average Bonchev–Trinajstić information content (AvgIpc) is 3.21. The van der Waals surface area contributed by atoms with Crippen molar-refractivity contribution in [3.8, 4) is 5.88 Å². The van der Waals surface area contributed by atoms with Crippen LogP contribution in [0, 0.1) is 0 Å². The van der Waals surface area contributed by atoms with E-state index < -0.39 is 24.4 Å². The topological polar surface area (TPSA) is 98.9 Å². The molecule has 0 bridgehead atoms. The van der Waals surface area contributed by atoms with Crippen LogP contribution in [0.2, 0.25) is 0 Å². The predicted molar refractivity (Wildman–Crippen MR) is 87.2 cm³/mol. The minimum Gasteiger partial charge on any atom is -0.471 e. The predicted octanol–water partition coefficient (Wildman–Crippen LogP) is 0.189. The van der Waals surface area contributed by atoms with Crippen LogP contribution < -0.4 is 9.64 Å². The summed E-state index contributed by atoms with van der Waals surface area (Å²) in [6.07, 6.45) is 2.65. The van der Waals surface area contributed by atoms with Crippen molar-refractivity contribution in [1.82, 2.24) is 9.97 Å². The molecule has 7 heteroatoms. The lowest BCUT2D eigenvalue weighted by atomic mass is 9.97. The van der Waals surface area contributed by atoms with Crippen LogP contribution in [0.4, 0.5) is 5.95 Å². The normalized spacial score (nSPS) is 32.9. The van der Waals surface area contributed by atoms with Gasteiger partial charge in [0.15, 0.2) is 0 Å². The Labute approximate surface area is 141 Å². The van der Waals surface area contributed by atoms with Crippen molar-refractivity contribution in [1.29, 1.82) is 0 Å². The van der Waals surface area contributed by atoms with Crippen LogP contribution in [0.3, 0.4) is 0 Å². The number of anilines is 1. The molecule has 2 aliphatic carbocycles. The minimum atomic E-state index is -1.16. The molecule has 1 aromatic rings. The van der Waals surface area contributed by atoms with E-state index in [1.54, 1.807) is 0 Å². The van der Waals surface area contributed by atoms with Gasteiger partial charge < -0.3 is 25.0 Å². The van der Waals surface area contributed by atoms with Gasteiger partial charge in [0.25, 0.3) is 0 Å². The Morgan fingerprint density at radius 2 is 1.67 bits per heavy atom. The Balaban J connectivity index is 1.64. The first-order valence-electron chi connectivity index (χ1n) is 8.99. The maximum Gasteiger partial charge on any atom is 0.228 e. The summed E-state index contributed by atoms with van der Waals surface area (Å²) in [5.41, 5.74) is 2.06. The molecule has 7 nitrogen and oxygen atoms in total. The van der Waals surface area contributed by atoms with Gasteiger partial charge in [-0.1, -0.05) is 0 Å². The van der Waals surface area contributed by atoms with E-state index >= 15 is 0 Å². The first-order chi connectivity index (χ1) is 11.6. The Kier molecular flexibility index (Phi) is 4.32. The molecule has 4 atom stereocenters. The van der Waals surface area contributed by atoms with Gasteiger partial charge >= 0.3 is 0 Å². The fourth-order valence-corrected chi connectivity index (χ4v) is 3.93. The molecule has 0 spiro atoms. The summed E-state index contributed by atoms with van der Waals surface area (Å²) in [7, 11) is 0. The van der Waals surface area contributed by atoms with Gasteiger partial charge in [-0.15, -0.1) is 0 Å². The second-order valence-corrected chi connectivity index (χ2v) is 7.10. The Morgan fingerprint density at radius 1 is 0.917 bits per heavy atom. The van der Waals surface area contributed by atoms with Crippen molar-refractivity contribution in [3.05, 3.63) is 11.3 Å². The molecule has 24 heavy (non-hydrogen) atoms. The number of aliphatic hydroxyl groups is 3. The van der Waals surface area contributed by atoms with E-state index in [0.29, 0.717) is 11.8 Å². The molecule has 132 valence electrons. The summed E-state index contributed by atoms with van der Waals surface area (Å²) in [5, 5.41) is 29.6. The van der Waals surface area contributed by atoms with E-state index in [-0.39, 0.29) is 6.42 Å². The number of aromatic nitrogens is 2. The van der Waals surface area contributed by atoms with E-state index in [2.05, 4.69) is 9.88 Å². The number of aliphatic hydroxyl groups excluding tert-OH is 3. The molecule has 0 radical (unpaired) electrons. The Morgan fingerprint density at radius 3 is 2.38 bits per heavy atom. The second-order valence-electron chi connectivity index (χ2n) is 7.10. The quantitative estimate of drug-likeness (QED) is 0.725. The molecule has 0 aromatic carbocycles. The SMILES string of the molecule is O[C@@H]1[C@H](O)[C@@H](O)C[C@H]1Oc1nc(N2CCCC2)nc2c1CCCC2. The molecule has 2 fully saturated rings. The van der Waals surface area contributed by atoms with Gasteiger partial charge in [-0.3, -0.25) is 0 Å². The highest BCUT2D eigenvalue weighted by Gasteiger charge is 2.42. The van der Waals surface area contributed by atoms with Crippen molar-refractivity contribution in [2.75, 3.05) is 18.0 Å². The lowest BCUT2D eigenvalue weighted by Crippen LogP contribution is -2.35. The van der Waals surface area contributed by atoms with E-state index in [1.165, 1.54) is 0 Å². The molecule has 3 N–H and O–H groups in total. The van der Waals surface area contributed by atoms with Crippen LogP contribution in [0.15, 0.2) is 0 Å². The Bertz CT molecular complexity index is 606. The zero-order valence-corrected chi connectivity index (χ0v) is 13.8. The van der Waals surface area contributed by atoms with Gasteiger partial charge in [-0.2, -0.15) is 4.98 Å². The van der Waals surface area contributed by atoms with Crippen molar-refractivity contribution in [3.63, 3.8) is 0 Å². The fraction of sp³-hybridized carbons (Fsp3) is 0.765. The van der Waals surface area contributed by atoms with Gasteiger partial charge in [0.2, 0.25) is 11.8 Å². The van der Waals surface area contributed by atoms with Crippen LogP contribution in [0.1, 0.15) is 43.4 Å². The summed E-state index contributed by atoms with van der Waals surface area (Å²) < 4.78 is 5.98. The molecule has 0 amide bonds. The highest BCUT2D eigenvalue weighted by molar-refractivity contribution is 5.42. The second kappa shape index (κ2) is 6.46. The molecule has 1 aliphatic heterocycles. The summed E-state index contributed by atoms with van der Waals surface area (Å²) in [6, 6.07) is 0. The number of nitrogens with zero attached hydrogens (tertiary/aromatic N) is 3. The van der Waals surface area contributed by atoms with Gasteiger partial charge in [0, 0.05) is 25.1 Å². The van der Waals surface area contributed by atoms with Crippen LogP contribution in [0.25, 0.3) is 0 Å². The summed E-state index contributed by atoms with van der Waals surface area (Å²) >= 11 is 0. The van der Waals surface area contributed by atoms with E-state index in [1.807, 2.05) is 0 Å². The van der Waals surface area contributed by atoms with Crippen molar-refractivity contribution in [2.45, 2.75) is 69.4 Å². The fourth-order valence-electron chi connectivity index (χ4n) is 3.93. The van der Waals surface area contributed by atoms with Crippen molar-refractivity contribution < 1.29 is 20.1 Å². The van der Waals surface area contributed by atoms with E-state index in [9.17, 15) is 15.3 Å². The first kappa shape index (κ1) is 16.1. The smallest absolute Gasteiger partial charge is 0.228 e. The molecule has 1 aromatic heterocycles. The Hall–Kier alpha value is -1.44. The first-order valence-corrected chi connectivity index (χ1v) is 8.99. The highest BCUT2D eigenvalue weighted by Crippen LogP contribution is 2.33. The number of ether oxygens (including phenoxy) is 1. The number of hydrogen-bond acceptors (Lipinski definition) is 7. The molecule has 4 rings (SSSR count). The van der Waals surface area contributed by atoms with Crippen LogP contribution in [0.5, 0.6) is 5.88 Å². The van der Waals surface area contributed by atoms with Crippen molar-refractivity contribution in [2.24, 2.45) is 0 Å². The third-order valence-corrected chi connectivity index (χ3v) is 5.38. The largest absolute Gasteiger partial charge is 0.471 e. The molecule has 3 aliphatic rings. The molecule has 1 saturated carbocycles. The van der Waals surface area contributed by atoms with E-state index in [0.717, 1.165) is 62.9 Å². The zero-order chi connectivity index (χ0) is 16.7. The molecular formula is C17H25N3O4. The van der Waals surface area contributed by atoms with Crippen LogP contribution in [-0.2, 0) is 12.8 Å². The average molecular weight is 335 g/mol. The minimum absolute atomic E-state index is 0.208.